The highest BCUT2D eigenvalue weighted by molar-refractivity contribution is 5.88. The molecule has 0 bridgehead atoms. The number of morpholine rings is 1. The van der Waals surface area contributed by atoms with E-state index < -0.39 is 35.6 Å². The van der Waals surface area contributed by atoms with Crippen LogP contribution in [0.4, 0.5) is 22.0 Å². The predicted octanol–water partition coefficient (Wildman–Crippen LogP) is 7.64. The second kappa shape index (κ2) is 14.0. The Bertz CT molecular complexity index is 1830. The largest absolute Gasteiger partial charge is 0.416 e. The molecule has 46 heavy (non-hydrogen) atoms. The second-order valence-electron chi connectivity index (χ2n) is 10.7. The van der Waals surface area contributed by atoms with Crippen LogP contribution < -0.4 is 0 Å². The van der Waals surface area contributed by atoms with Gasteiger partial charge in [0, 0.05) is 77.5 Å². The van der Waals surface area contributed by atoms with Gasteiger partial charge in [0.2, 0.25) is 0 Å². The van der Waals surface area contributed by atoms with Crippen LogP contribution in [0.15, 0.2) is 92.0 Å². The minimum absolute atomic E-state index is 0.0259. The number of alkyl halides is 3. The standard InChI is InChI=1S/C35H31F5N4O2/c1-3-5-22(15-28(4-2)44-10-12-46-13-11-44)33-18-24-14-25(21-42-34(24)43-33)30-20-31(36)23(17-32(30)37)16-29(45)7-6-27-19-26(8-9-41-27)35(38,39)40/h3-5,8-9,14-15,17-21H,1-2,6-7,10-13,16H2,(H,42,43)/b22-5+,28-15+. The number of halogens is 5. The van der Waals surface area contributed by atoms with Crippen LogP contribution in [0.25, 0.3) is 27.7 Å². The molecule has 1 N–H and O–H groups in total. The van der Waals surface area contributed by atoms with Crippen LogP contribution in [0, 0.1) is 11.6 Å². The van der Waals surface area contributed by atoms with Crippen LogP contribution in [0.1, 0.15) is 28.9 Å². The van der Waals surface area contributed by atoms with Crippen molar-refractivity contribution in [3.63, 3.8) is 0 Å². The topological polar surface area (TPSA) is 71.1 Å². The van der Waals surface area contributed by atoms with Gasteiger partial charge in [-0.05, 0) is 60.5 Å². The van der Waals surface area contributed by atoms with Crippen molar-refractivity contribution in [1.82, 2.24) is 19.9 Å². The van der Waals surface area contributed by atoms with Gasteiger partial charge in [0.25, 0.3) is 0 Å². The number of ketones is 1. The number of fused-ring (bicyclic) bond motifs is 1. The molecule has 5 rings (SSSR count). The fraction of sp³-hybridized carbons (Fsp3) is 0.229. The molecule has 1 aromatic carbocycles. The maximum atomic E-state index is 15.3. The minimum atomic E-state index is -4.53. The number of Topliss-reactive ketones (excluding diaryl/α,β-unsaturated/α-hetero) is 1. The monoisotopic (exact) mass is 634 g/mol. The highest BCUT2D eigenvalue weighted by Gasteiger charge is 2.30. The normalized spacial score (nSPS) is 14.5. The molecule has 6 nitrogen and oxygen atoms in total. The summed E-state index contributed by atoms with van der Waals surface area (Å²) in [6.45, 7) is 10.5. The number of pyridine rings is 2. The lowest BCUT2D eigenvalue weighted by molar-refractivity contribution is -0.137. The number of allylic oxidation sites excluding steroid dienone is 5. The third-order valence-electron chi connectivity index (χ3n) is 7.61. The fourth-order valence-electron chi connectivity index (χ4n) is 5.23. The maximum absolute atomic E-state index is 15.3. The summed E-state index contributed by atoms with van der Waals surface area (Å²) in [5, 5.41) is 0.671. The molecule has 0 unspecified atom stereocenters. The molecule has 4 aromatic rings. The summed E-state index contributed by atoms with van der Waals surface area (Å²) in [7, 11) is 0. The van der Waals surface area contributed by atoms with E-state index >= 15 is 8.78 Å². The maximum Gasteiger partial charge on any atom is 0.416 e. The Morgan fingerprint density at radius 3 is 2.54 bits per heavy atom. The second-order valence-corrected chi connectivity index (χ2v) is 10.7. The molecule has 1 aliphatic heterocycles. The highest BCUT2D eigenvalue weighted by atomic mass is 19.4. The molecular weight excluding hydrogens is 603 g/mol. The van der Waals surface area contributed by atoms with E-state index in [-0.39, 0.29) is 29.7 Å². The van der Waals surface area contributed by atoms with Crippen LogP contribution in [0.3, 0.4) is 0 Å². The predicted molar refractivity (Wildman–Crippen MR) is 167 cm³/mol. The van der Waals surface area contributed by atoms with E-state index in [4.69, 9.17) is 4.74 Å². The lowest BCUT2D eigenvalue weighted by Gasteiger charge is -2.29. The zero-order valence-corrected chi connectivity index (χ0v) is 24.8. The number of carbonyl (C=O) groups excluding carboxylic acids is 1. The van der Waals surface area contributed by atoms with Gasteiger partial charge >= 0.3 is 6.18 Å². The number of H-pyrrole nitrogens is 1. The highest BCUT2D eigenvalue weighted by Crippen LogP contribution is 2.31. The number of rotatable bonds is 11. The van der Waals surface area contributed by atoms with Crippen molar-refractivity contribution in [3.8, 4) is 11.1 Å². The van der Waals surface area contributed by atoms with Crippen LogP contribution in [0.2, 0.25) is 0 Å². The molecular formula is C35H31F5N4O2. The molecule has 0 spiro atoms. The van der Waals surface area contributed by atoms with Crippen molar-refractivity contribution >= 4 is 22.4 Å². The number of hydrogen-bond donors (Lipinski definition) is 1. The number of hydrogen-bond acceptors (Lipinski definition) is 5. The Morgan fingerprint density at radius 2 is 1.83 bits per heavy atom. The van der Waals surface area contributed by atoms with E-state index in [9.17, 15) is 18.0 Å². The van der Waals surface area contributed by atoms with E-state index in [1.807, 2.05) is 18.2 Å². The smallest absolute Gasteiger partial charge is 0.378 e. The van der Waals surface area contributed by atoms with Gasteiger partial charge in [0.1, 0.15) is 23.1 Å². The number of nitrogens with one attached hydrogen (secondary N) is 1. The quantitative estimate of drug-likeness (QED) is 0.136. The molecule has 4 heterocycles. The lowest BCUT2D eigenvalue weighted by Crippen LogP contribution is -2.35. The van der Waals surface area contributed by atoms with Crippen molar-refractivity contribution in [1.29, 1.82) is 0 Å². The molecule has 0 saturated carbocycles. The molecule has 1 saturated heterocycles. The first kappa shape index (κ1) is 32.5. The molecule has 238 valence electrons. The Balaban J connectivity index is 1.33. The minimum Gasteiger partial charge on any atom is -0.378 e. The van der Waals surface area contributed by atoms with Gasteiger partial charge in [-0.1, -0.05) is 25.3 Å². The average Bonchev–Trinajstić information content (AvgIpc) is 3.47. The van der Waals surface area contributed by atoms with E-state index in [1.165, 1.54) is 6.20 Å². The molecule has 0 atom stereocenters. The van der Waals surface area contributed by atoms with Gasteiger partial charge < -0.3 is 14.6 Å². The van der Waals surface area contributed by atoms with Crippen LogP contribution in [0.5, 0.6) is 0 Å². The number of ether oxygens (including phenoxy) is 1. The third kappa shape index (κ3) is 7.66. The van der Waals surface area contributed by atoms with E-state index in [2.05, 4.69) is 33.0 Å². The summed E-state index contributed by atoms with van der Waals surface area (Å²) in [5.74, 6) is -1.98. The molecule has 0 radical (unpaired) electrons. The van der Waals surface area contributed by atoms with Crippen molar-refractivity contribution in [2.24, 2.45) is 0 Å². The molecule has 1 fully saturated rings. The molecule has 3 aromatic heterocycles. The number of aromatic nitrogens is 3. The SMILES string of the molecule is C=C/C=C(\C=C(/C=C)N1CCOCC1)c1cc2cc(-c3cc(F)c(CC(=O)CCc4cc(C(F)(F)F)ccn4)cc3F)cnc2[nH]1. The van der Waals surface area contributed by atoms with Gasteiger partial charge in [-0.25, -0.2) is 13.8 Å². The number of carbonyl (C=O) groups is 1. The zero-order chi connectivity index (χ0) is 32.8. The molecule has 0 amide bonds. The molecule has 1 aliphatic rings. The first-order valence-corrected chi connectivity index (χ1v) is 14.6. The summed E-state index contributed by atoms with van der Waals surface area (Å²) in [5.41, 5.74) is 2.43. The van der Waals surface area contributed by atoms with E-state index in [0.29, 0.717) is 29.8 Å². The van der Waals surface area contributed by atoms with E-state index in [0.717, 1.165) is 60.5 Å². The van der Waals surface area contributed by atoms with Gasteiger partial charge in [0.15, 0.2) is 0 Å². The fourth-order valence-corrected chi connectivity index (χ4v) is 5.23. The summed E-state index contributed by atoms with van der Waals surface area (Å²) in [6.07, 6.45) is 4.56. The van der Waals surface area contributed by atoms with Crippen molar-refractivity contribution in [2.45, 2.75) is 25.4 Å². The van der Waals surface area contributed by atoms with Gasteiger partial charge in [-0.15, -0.1) is 0 Å². The third-order valence-corrected chi connectivity index (χ3v) is 7.61. The Kier molecular flexibility index (Phi) is 9.91. The van der Waals surface area contributed by atoms with Crippen molar-refractivity contribution < 1.29 is 31.5 Å². The number of nitrogens with zero attached hydrogens (tertiary/aromatic N) is 3. The van der Waals surface area contributed by atoms with Gasteiger partial charge in [-0.3, -0.25) is 9.78 Å². The van der Waals surface area contributed by atoms with Gasteiger partial charge in [-0.2, -0.15) is 13.2 Å². The first-order chi connectivity index (χ1) is 22.0. The van der Waals surface area contributed by atoms with Crippen LogP contribution in [-0.2, 0) is 28.5 Å². The zero-order valence-electron chi connectivity index (χ0n) is 24.8. The summed E-state index contributed by atoms with van der Waals surface area (Å²) >= 11 is 0. The summed E-state index contributed by atoms with van der Waals surface area (Å²) in [4.78, 5) is 26.3. The van der Waals surface area contributed by atoms with Crippen molar-refractivity contribution in [3.05, 3.63) is 126 Å². The molecule has 0 aliphatic carbocycles. The Morgan fingerprint density at radius 1 is 1.04 bits per heavy atom. The molecule has 11 heteroatoms. The Hall–Kier alpha value is -4.90. The van der Waals surface area contributed by atoms with Gasteiger partial charge in [0.05, 0.1) is 18.8 Å². The number of aromatic amines is 1. The first-order valence-electron chi connectivity index (χ1n) is 14.6. The van der Waals surface area contributed by atoms with E-state index in [1.54, 1.807) is 18.2 Å². The lowest BCUT2D eigenvalue weighted by atomic mass is 9.99. The van der Waals surface area contributed by atoms with Crippen LogP contribution in [-0.4, -0.2) is 51.9 Å². The Labute approximate surface area is 262 Å². The summed E-state index contributed by atoms with van der Waals surface area (Å²) in [6, 6.07) is 7.26. The average molecular weight is 635 g/mol. The van der Waals surface area contributed by atoms with Crippen LogP contribution >= 0.6 is 0 Å². The number of aryl methyl sites for hydroxylation is 1. The van der Waals surface area contributed by atoms with Crippen molar-refractivity contribution in [2.75, 3.05) is 26.3 Å². The number of benzene rings is 1. The summed E-state index contributed by atoms with van der Waals surface area (Å²) < 4.78 is 74.7.